The van der Waals surface area contributed by atoms with Crippen LogP contribution in [0.15, 0.2) is 39.5 Å². The van der Waals surface area contributed by atoms with Crippen molar-refractivity contribution in [2.24, 2.45) is 0 Å². The second kappa shape index (κ2) is 6.36. The molecule has 3 aromatic rings. The van der Waals surface area contributed by atoms with Crippen molar-refractivity contribution >= 4 is 28.3 Å². The Kier molecular flexibility index (Phi) is 4.16. The lowest BCUT2D eigenvalue weighted by Gasteiger charge is -2.32. The summed E-state index contributed by atoms with van der Waals surface area (Å²) < 4.78 is 11.5. The molecule has 1 aromatic heterocycles. The molecule has 26 heavy (non-hydrogen) atoms. The topological polar surface area (TPSA) is 42.7 Å². The van der Waals surface area contributed by atoms with Gasteiger partial charge < -0.3 is 14.1 Å². The van der Waals surface area contributed by atoms with Gasteiger partial charge in [0, 0.05) is 17.1 Å². The maximum atomic E-state index is 12.0. The Labute approximate surface area is 156 Å². The third-order valence-corrected chi connectivity index (χ3v) is 5.35. The van der Waals surface area contributed by atoms with Gasteiger partial charge in [0.2, 0.25) is 0 Å². The maximum Gasteiger partial charge on any atom is 0.336 e. The van der Waals surface area contributed by atoms with Crippen LogP contribution in [0.4, 0.5) is 5.69 Å². The number of aryl methyl sites for hydroxylation is 3. The summed E-state index contributed by atoms with van der Waals surface area (Å²) in [6.07, 6.45) is 0.735. The molecule has 2 heterocycles. The molecule has 134 valence electrons. The average Bonchev–Trinajstić information content (AvgIpc) is 2.64. The fraction of sp³-hybridized carbons (Fsp3) is 0.286. The Balaban J connectivity index is 1.87. The Morgan fingerprint density at radius 2 is 1.96 bits per heavy atom. The van der Waals surface area contributed by atoms with Gasteiger partial charge in [0.15, 0.2) is 6.73 Å². The monoisotopic (exact) mass is 369 g/mol. The molecule has 0 saturated heterocycles. The van der Waals surface area contributed by atoms with E-state index < -0.39 is 0 Å². The standard InChI is InChI=1S/C21H20ClNO3/c1-4-14-8-19(24)26-20-16(14)9-18(22)21-17(20)10-23(11-25-21)15-6-5-12(2)13(3)7-15/h5-9H,4,10-11H2,1-3H3. The van der Waals surface area contributed by atoms with Crippen LogP contribution >= 0.6 is 11.6 Å². The molecular weight excluding hydrogens is 350 g/mol. The lowest BCUT2D eigenvalue weighted by Crippen LogP contribution is -2.32. The smallest absolute Gasteiger partial charge is 0.336 e. The summed E-state index contributed by atoms with van der Waals surface area (Å²) in [5, 5.41) is 1.43. The quantitative estimate of drug-likeness (QED) is 0.597. The van der Waals surface area contributed by atoms with E-state index in [9.17, 15) is 4.79 Å². The number of anilines is 1. The summed E-state index contributed by atoms with van der Waals surface area (Å²) in [6.45, 7) is 7.18. The summed E-state index contributed by atoms with van der Waals surface area (Å²) in [5.74, 6) is 0.607. The van der Waals surface area contributed by atoms with Crippen LogP contribution in [-0.4, -0.2) is 6.73 Å². The Morgan fingerprint density at radius 3 is 2.69 bits per heavy atom. The lowest BCUT2D eigenvalue weighted by atomic mass is 10.0. The van der Waals surface area contributed by atoms with Crippen LogP contribution in [-0.2, 0) is 13.0 Å². The third kappa shape index (κ3) is 2.74. The van der Waals surface area contributed by atoms with E-state index in [0.29, 0.717) is 29.6 Å². The Bertz CT molecular complexity index is 1070. The molecule has 0 N–H and O–H groups in total. The number of benzene rings is 2. The average molecular weight is 370 g/mol. The molecule has 1 aliphatic rings. The first kappa shape index (κ1) is 17.0. The van der Waals surface area contributed by atoms with Crippen molar-refractivity contribution in [3.8, 4) is 5.75 Å². The maximum absolute atomic E-state index is 12.0. The molecule has 0 saturated carbocycles. The van der Waals surface area contributed by atoms with Gasteiger partial charge in [-0.3, -0.25) is 0 Å². The summed E-state index contributed by atoms with van der Waals surface area (Å²) in [6, 6.07) is 9.70. The predicted octanol–water partition coefficient (Wildman–Crippen LogP) is 4.98. The predicted molar refractivity (Wildman–Crippen MR) is 104 cm³/mol. The van der Waals surface area contributed by atoms with Crippen molar-refractivity contribution < 1.29 is 9.15 Å². The normalized spacial score (nSPS) is 13.6. The van der Waals surface area contributed by atoms with Crippen LogP contribution in [0.2, 0.25) is 5.02 Å². The zero-order valence-electron chi connectivity index (χ0n) is 15.1. The van der Waals surface area contributed by atoms with E-state index in [1.807, 2.05) is 13.0 Å². The fourth-order valence-corrected chi connectivity index (χ4v) is 3.71. The number of rotatable bonds is 2. The number of halogens is 1. The number of hydrogen-bond donors (Lipinski definition) is 0. The second-order valence-electron chi connectivity index (χ2n) is 6.73. The molecule has 0 unspecified atom stereocenters. The molecule has 1 aliphatic heterocycles. The number of nitrogens with zero attached hydrogens (tertiary/aromatic N) is 1. The SMILES string of the molecule is CCc1cc(=O)oc2c3c(c(Cl)cc12)OCN(c1ccc(C)c(C)c1)C3. The molecule has 0 fully saturated rings. The van der Waals surface area contributed by atoms with Crippen molar-refractivity contribution in [3.63, 3.8) is 0 Å². The molecule has 2 aromatic carbocycles. The van der Waals surface area contributed by atoms with E-state index in [0.717, 1.165) is 28.6 Å². The van der Waals surface area contributed by atoms with Crippen molar-refractivity contribution in [2.45, 2.75) is 33.7 Å². The van der Waals surface area contributed by atoms with E-state index in [1.54, 1.807) is 0 Å². The molecule has 5 heteroatoms. The zero-order valence-corrected chi connectivity index (χ0v) is 15.8. The highest BCUT2D eigenvalue weighted by atomic mass is 35.5. The number of hydrogen-bond acceptors (Lipinski definition) is 4. The lowest BCUT2D eigenvalue weighted by molar-refractivity contribution is 0.289. The summed E-state index contributed by atoms with van der Waals surface area (Å²) in [7, 11) is 0. The van der Waals surface area contributed by atoms with Gasteiger partial charge in [-0.1, -0.05) is 24.6 Å². The number of fused-ring (bicyclic) bond motifs is 3. The van der Waals surface area contributed by atoms with Gasteiger partial charge in [-0.05, 0) is 55.2 Å². The highest BCUT2D eigenvalue weighted by Gasteiger charge is 2.25. The Hall–Kier alpha value is -2.46. The summed E-state index contributed by atoms with van der Waals surface area (Å²) in [5.41, 5.74) is 5.53. The van der Waals surface area contributed by atoms with Gasteiger partial charge in [-0.2, -0.15) is 0 Å². The van der Waals surface area contributed by atoms with Crippen molar-refractivity contribution in [1.82, 2.24) is 0 Å². The van der Waals surface area contributed by atoms with E-state index in [4.69, 9.17) is 20.8 Å². The van der Waals surface area contributed by atoms with Crippen LogP contribution in [0.25, 0.3) is 11.0 Å². The Morgan fingerprint density at radius 1 is 1.15 bits per heavy atom. The highest BCUT2D eigenvalue weighted by molar-refractivity contribution is 6.33. The second-order valence-corrected chi connectivity index (χ2v) is 7.13. The van der Waals surface area contributed by atoms with E-state index in [2.05, 4.69) is 36.9 Å². The van der Waals surface area contributed by atoms with Gasteiger partial charge in [-0.15, -0.1) is 0 Å². The van der Waals surface area contributed by atoms with Crippen LogP contribution < -0.4 is 15.3 Å². The van der Waals surface area contributed by atoms with Crippen molar-refractivity contribution in [2.75, 3.05) is 11.6 Å². The molecule has 0 amide bonds. The van der Waals surface area contributed by atoms with Crippen LogP contribution in [0.3, 0.4) is 0 Å². The molecule has 0 spiro atoms. The van der Waals surface area contributed by atoms with Crippen LogP contribution in [0.5, 0.6) is 5.75 Å². The van der Waals surface area contributed by atoms with Gasteiger partial charge in [0.25, 0.3) is 0 Å². The van der Waals surface area contributed by atoms with E-state index >= 15 is 0 Å². The van der Waals surface area contributed by atoms with Crippen molar-refractivity contribution in [1.29, 1.82) is 0 Å². The first-order chi connectivity index (χ1) is 12.5. The minimum absolute atomic E-state index is 0.345. The summed E-state index contributed by atoms with van der Waals surface area (Å²) in [4.78, 5) is 14.1. The summed E-state index contributed by atoms with van der Waals surface area (Å²) >= 11 is 6.47. The largest absolute Gasteiger partial charge is 0.471 e. The van der Waals surface area contributed by atoms with E-state index in [1.165, 1.54) is 17.2 Å². The molecule has 0 atom stereocenters. The van der Waals surface area contributed by atoms with Gasteiger partial charge in [0.1, 0.15) is 11.3 Å². The van der Waals surface area contributed by atoms with E-state index in [-0.39, 0.29) is 5.63 Å². The van der Waals surface area contributed by atoms with Crippen molar-refractivity contribution in [3.05, 3.63) is 68.0 Å². The van der Waals surface area contributed by atoms with Gasteiger partial charge in [-0.25, -0.2) is 4.79 Å². The zero-order chi connectivity index (χ0) is 18.4. The first-order valence-corrected chi connectivity index (χ1v) is 9.09. The molecular formula is C21H20ClNO3. The highest BCUT2D eigenvalue weighted by Crippen LogP contribution is 2.40. The van der Waals surface area contributed by atoms with Gasteiger partial charge in [0.05, 0.1) is 17.1 Å². The molecule has 0 radical (unpaired) electrons. The molecule has 0 aliphatic carbocycles. The van der Waals surface area contributed by atoms with Gasteiger partial charge >= 0.3 is 5.63 Å². The molecule has 4 nitrogen and oxygen atoms in total. The van der Waals surface area contributed by atoms with Crippen LogP contribution in [0.1, 0.15) is 29.2 Å². The first-order valence-electron chi connectivity index (χ1n) is 8.71. The molecule has 4 rings (SSSR count). The molecule has 0 bridgehead atoms. The minimum atomic E-state index is -0.345. The fourth-order valence-electron chi connectivity index (χ4n) is 3.43. The van der Waals surface area contributed by atoms with Crippen LogP contribution in [0, 0.1) is 13.8 Å². The number of ether oxygens (including phenoxy) is 1. The minimum Gasteiger partial charge on any atom is -0.471 e. The third-order valence-electron chi connectivity index (χ3n) is 5.07.